The number of aryl methyl sites for hydroxylation is 3. The zero-order valence-corrected chi connectivity index (χ0v) is 16.9. The van der Waals surface area contributed by atoms with E-state index in [0.29, 0.717) is 24.9 Å². The summed E-state index contributed by atoms with van der Waals surface area (Å²) in [4.78, 5) is 21.0. The Morgan fingerprint density at radius 3 is 2.50 bits per heavy atom. The first kappa shape index (κ1) is 19.0. The van der Waals surface area contributed by atoms with E-state index in [4.69, 9.17) is 0 Å². The van der Waals surface area contributed by atoms with Gasteiger partial charge >= 0.3 is 6.18 Å². The van der Waals surface area contributed by atoms with E-state index in [1.54, 1.807) is 10.9 Å². The Hall–Kier alpha value is -2.98. The lowest BCUT2D eigenvalue weighted by molar-refractivity contribution is -0.141. The van der Waals surface area contributed by atoms with E-state index in [1.807, 2.05) is 18.9 Å². The molecule has 0 N–H and O–H groups in total. The molecule has 5 rings (SSSR count). The lowest BCUT2D eigenvalue weighted by Crippen LogP contribution is -2.58. The van der Waals surface area contributed by atoms with Gasteiger partial charge in [0.1, 0.15) is 17.3 Å². The van der Waals surface area contributed by atoms with E-state index in [9.17, 15) is 13.2 Å². The first-order valence-electron chi connectivity index (χ1n) is 9.73. The normalized spacial score (nSPS) is 18.5. The van der Waals surface area contributed by atoms with Crippen molar-refractivity contribution >= 4 is 22.8 Å². The molecule has 3 aromatic rings. The predicted octanol–water partition coefficient (Wildman–Crippen LogP) is 2.51. The average molecular weight is 418 g/mol. The minimum absolute atomic E-state index is 0.0118. The predicted molar refractivity (Wildman–Crippen MR) is 104 cm³/mol. The summed E-state index contributed by atoms with van der Waals surface area (Å²) in [5.74, 6) is 1.13. The summed E-state index contributed by atoms with van der Waals surface area (Å²) in [5, 5.41) is 5.32. The highest BCUT2D eigenvalue weighted by molar-refractivity contribution is 5.78. The Morgan fingerprint density at radius 2 is 1.77 bits per heavy atom. The summed E-state index contributed by atoms with van der Waals surface area (Å²) in [6.45, 7) is 6.31. The number of anilines is 2. The number of fused-ring (bicyclic) bond motifs is 1. The van der Waals surface area contributed by atoms with Crippen molar-refractivity contribution in [3.05, 3.63) is 29.5 Å². The van der Waals surface area contributed by atoms with Gasteiger partial charge in [0.05, 0.1) is 11.1 Å². The maximum absolute atomic E-state index is 13.1. The van der Waals surface area contributed by atoms with Crippen LogP contribution in [0.3, 0.4) is 0 Å². The van der Waals surface area contributed by atoms with Crippen LogP contribution in [0.1, 0.15) is 23.6 Å². The van der Waals surface area contributed by atoms with Crippen LogP contribution >= 0.6 is 0 Å². The molecule has 0 atom stereocenters. The summed E-state index contributed by atoms with van der Waals surface area (Å²) in [6, 6.07) is 1.04. The Morgan fingerprint density at radius 1 is 1.03 bits per heavy atom. The van der Waals surface area contributed by atoms with Crippen molar-refractivity contribution in [2.75, 3.05) is 36.0 Å². The summed E-state index contributed by atoms with van der Waals surface area (Å²) < 4.78 is 41.0. The standard InChI is InChI=1S/C19H21F3N8/c1-11-13-7-23-17(26-16(13)28(3)27-11)29-5-4-18(8-29)9-30(10-18)15-6-14(19(20,21)22)24-12(2)25-15/h6-7H,4-5,8-10H2,1-3H3. The van der Waals surface area contributed by atoms with E-state index < -0.39 is 11.9 Å². The monoisotopic (exact) mass is 418 g/mol. The van der Waals surface area contributed by atoms with Crippen molar-refractivity contribution in [2.24, 2.45) is 12.5 Å². The number of rotatable bonds is 2. The number of hydrogen-bond acceptors (Lipinski definition) is 7. The van der Waals surface area contributed by atoms with Crippen molar-refractivity contribution < 1.29 is 13.2 Å². The molecule has 0 amide bonds. The van der Waals surface area contributed by atoms with Crippen LogP contribution in [-0.2, 0) is 13.2 Å². The summed E-state index contributed by atoms with van der Waals surface area (Å²) in [6.07, 6.45) is -1.73. The molecular formula is C19H21F3N8. The van der Waals surface area contributed by atoms with Crippen LogP contribution in [0.4, 0.5) is 24.9 Å². The van der Waals surface area contributed by atoms with Gasteiger partial charge in [0, 0.05) is 50.9 Å². The average Bonchev–Trinajstić information content (AvgIpc) is 3.21. The molecule has 2 aliphatic heterocycles. The molecule has 0 radical (unpaired) electrons. The van der Waals surface area contributed by atoms with Crippen LogP contribution < -0.4 is 9.80 Å². The highest BCUT2D eigenvalue weighted by atomic mass is 19.4. The van der Waals surface area contributed by atoms with Crippen LogP contribution in [0.15, 0.2) is 12.3 Å². The Labute approximate surface area is 170 Å². The van der Waals surface area contributed by atoms with Gasteiger partial charge in [-0.25, -0.2) is 15.0 Å². The first-order valence-corrected chi connectivity index (χ1v) is 9.73. The molecule has 2 saturated heterocycles. The van der Waals surface area contributed by atoms with Gasteiger partial charge in [-0.15, -0.1) is 0 Å². The van der Waals surface area contributed by atoms with Crippen molar-refractivity contribution in [3.8, 4) is 0 Å². The van der Waals surface area contributed by atoms with Gasteiger partial charge in [0.25, 0.3) is 0 Å². The van der Waals surface area contributed by atoms with Crippen molar-refractivity contribution in [1.29, 1.82) is 0 Å². The van der Waals surface area contributed by atoms with Crippen molar-refractivity contribution in [1.82, 2.24) is 29.7 Å². The fraction of sp³-hybridized carbons (Fsp3) is 0.526. The SMILES string of the molecule is Cc1nc(N2CC3(CCN(c4ncc5c(C)nn(C)c5n4)C3)C2)cc(C(F)(F)F)n1. The zero-order valence-electron chi connectivity index (χ0n) is 16.9. The molecule has 11 heteroatoms. The molecule has 0 bridgehead atoms. The minimum atomic E-state index is -4.48. The van der Waals surface area contributed by atoms with E-state index in [-0.39, 0.29) is 11.2 Å². The first-order chi connectivity index (χ1) is 14.1. The molecule has 2 fully saturated rings. The third-order valence-corrected chi connectivity index (χ3v) is 5.96. The van der Waals surface area contributed by atoms with Gasteiger partial charge in [-0.05, 0) is 20.3 Å². The smallest absolute Gasteiger partial charge is 0.355 e. The second-order valence-corrected chi connectivity index (χ2v) is 8.30. The Balaban J connectivity index is 1.32. The summed E-state index contributed by atoms with van der Waals surface area (Å²) in [7, 11) is 1.86. The largest absolute Gasteiger partial charge is 0.433 e. The molecule has 0 aliphatic carbocycles. The van der Waals surface area contributed by atoms with E-state index >= 15 is 0 Å². The van der Waals surface area contributed by atoms with E-state index in [1.165, 1.54) is 6.92 Å². The second kappa shape index (κ2) is 6.26. The quantitative estimate of drug-likeness (QED) is 0.633. The van der Waals surface area contributed by atoms with E-state index in [0.717, 1.165) is 42.3 Å². The Kier molecular flexibility index (Phi) is 3.97. The molecule has 1 spiro atoms. The fourth-order valence-electron chi connectivity index (χ4n) is 4.49. The lowest BCUT2D eigenvalue weighted by Gasteiger charge is -2.48. The number of nitrogens with zero attached hydrogens (tertiary/aromatic N) is 8. The lowest BCUT2D eigenvalue weighted by atomic mass is 9.79. The molecular weight excluding hydrogens is 397 g/mol. The molecule has 0 aromatic carbocycles. The molecule has 3 aromatic heterocycles. The van der Waals surface area contributed by atoms with Crippen LogP contribution in [0.2, 0.25) is 0 Å². The third-order valence-electron chi connectivity index (χ3n) is 5.96. The minimum Gasteiger partial charge on any atom is -0.355 e. The highest BCUT2D eigenvalue weighted by Crippen LogP contribution is 2.43. The van der Waals surface area contributed by atoms with Crippen LogP contribution in [0, 0.1) is 19.3 Å². The molecule has 8 nitrogen and oxygen atoms in total. The van der Waals surface area contributed by atoms with Gasteiger partial charge < -0.3 is 9.80 Å². The van der Waals surface area contributed by atoms with Gasteiger partial charge in [-0.3, -0.25) is 4.68 Å². The number of alkyl halides is 3. The maximum atomic E-state index is 13.1. The zero-order chi connectivity index (χ0) is 21.3. The van der Waals surface area contributed by atoms with E-state index in [2.05, 4.69) is 29.9 Å². The third kappa shape index (κ3) is 3.03. The summed E-state index contributed by atoms with van der Waals surface area (Å²) in [5.41, 5.74) is 0.805. The van der Waals surface area contributed by atoms with Gasteiger partial charge in [-0.2, -0.15) is 23.3 Å². The van der Waals surface area contributed by atoms with Gasteiger partial charge in [0.2, 0.25) is 5.95 Å². The topological polar surface area (TPSA) is 75.9 Å². The van der Waals surface area contributed by atoms with Gasteiger partial charge in [-0.1, -0.05) is 0 Å². The molecule has 30 heavy (non-hydrogen) atoms. The van der Waals surface area contributed by atoms with Crippen LogP contribution in [0.25, 0.3) is 11.0 Å². The summed E-state index contributed by atoms with van der Waals surface area (Å²) >= 11 is 0. The van der Waals surface area contributed by atoms with Crippen LogP contribution in [-0.4, -0.2) is 55.9 Å². The second-order valence-electron chi connectivity index (χ2n) is 8.30. The number of hydrogen-bond donors (Lipinski definition) is 0. The van der Waals surface area contributed by atoms with Gasteiger partial charge in [0.15, 0.2) is 5.65 Å². The maximum Gasteiger partial charge on any atom is 0.433 e. The molecule has 158 valence electrons. The van der Waals surface area contributed by atoms with Crippen molar-refractivity contribution in [2.45, 2.75) is 26.4 Å². The number of aromatic nitrogens is 6. The van der Waals surface area contributed by atoms with Crippen LogP contribution in [0.5, 0.6) is 0 Å². The molecule has 5 heterocycles. The Bertz CT molecular complexity index is 1130. The molecule has 0 unspecified atom stereocenters. The fourth-order valence-corrected chi connectivity index (χ4v) is 4.49. The molecule has 0 saturated carbocycles. The highest BCUT2D eigenvalue weighted by Gasteiger charge is 2.49. The molecule has 2 aliphatic rings. The number of halogens is 3. The van der Waals surface area contributed by atoms with Crippen molar-refractivity contribution in [3.63, 3.8) is 0 Å².